The van der Waals surface area contributed by atoms with Crippen LogP contribution in [0.3, 0.4) is 0 Å². The van der Waals surface area contributed by atoms with E-state index in [0.29, 0.717) is 53.1 Å². The van der Waals surface area contributed by atoms with Crippen LogP contribution in [0.25, 0.3) is 11.1 Å². The lowest BCUT2D eigenvalue weighted by Gasteiger charge is -2.49. The summed E-state index contributed by atoms with van der Waals surface area (Å²) in [7, 11) is 3.06. The van der Waals surface area contributed by atoms with Crippen molar-refractivity contribution < 1.29 is 38.4 Å². The third-order valence-corrected chi connectivity index (χ3v) is 8.03. The number of ether oxygens (including phenoxy) is 5. The summed E-state index contributed by atoms with van der Waals surface area (Å²) < 4.78 is 28.8. The molecule has 1 heterocycles. The van der Waals surface area contributed by atoms with Gasteiger partial charge in [-0.2, -0.15) is 0 Å². The predicted octanol–water partition coefficient (Wildman–Crippen LogP) is 5.95. The van der Waals surface area contributed by atoms with Gasteiger partial charge in [-0.1, -0.05) is 60.7 Å². The smallest absolute Gasteiger partial charge is 0.315 e. The van der Waals surface area contributed by atoms with Gasteiger partial charge >= 0.3 is 11.9 Å². The van der Waals surface area contributed by atoms with E-state index in [9.17, 15) is 14.7 Å². The zero-order valence-corrected chi connectivity index (χ0v) is 23.2. The van der Waals surface area contributed by atoms with Crippen molar-refractivity contribution in [3.8, 4) is 39.9 Å². The molecule has 2 atom stereocenters. The van der Waals surface area contributed by atoms with Crippen LogP contribution in [0.5, 0.6) is 28.7 Å². The molecule has 0 spiro atoms. The van der Waals surface area contributed by atoms with Gasteiger partial charge < -0.3 is 28.8 Å². The van der Waals surface area contributed by atoms with Gasteiger partial charge in [0.15, 0.2) is 11.5 Å². The molecule has 2 aliphatic rings. The van der Waals surface area contributed by atoms with Crippen LogP contribution in [0.4, 0.5) is 0 Å². The molecule has 0 saturated heterocycles. The molecule has 6 rings (SSSR count). The first-order chi connectivity index (χ1) is 20.5. The average molecular weight is 567 g/mol. The van der Waals surface area contributed by atoms with E-state index < -0.39 is 35.6 Å². The van der Waals surface area contributed by atoms with E-state index in [2.05, 4.69) is 0 Å². The molecular weight excluding hydrogens is 536 g/mol. The Balaban J connectivity index is 1.38. The predicted molar refractivity (Wildman–Crippen MR) is 155 cm³/mol. The fourth-order valence-electron chi connectivity index (χ4n) is 6.22. The number of aliphatic carboxylic acids is 1. The van der Waals surface area contributed by atoms with E-state index in [4.69, 9.17) is 23.7 Å². The second-order valence-electron chi connectivity index (χ2n) is 10.2. The molecule has 1 saturated carbocycles. The Morgan fingerprint density at radius 2 is 1.36 bits per heavy atom. The maximum atomic E-state index is 14.1. The van der Waals surface area contributed by atoms with Crippen LogP contribution < -0.4 is 23.7 Å². The number of rotatable bonds is 8. The molecular formula is C34H30O8. The van der Waals surface area contributed by atoms with E-state index >= 15 is 0 Å². The standard InChI is InChI=1S/C34H30O8/c1-38-25-14-5-3-11-23(25)28-30(33(35)36)29(24-12-4-6-15-26(24)39-2)31(28)34(37)42-21-10-7-9-20(19-21)22-13-8-16-27-32(22)41-18-17-40-27/h3-16,19,28-31H,17-18H2,1-2H3,(H,35,36)/t28?,29?,30-,31+. The van der Waals surface area contributed by atoms with Crippen molar-refractivity contribution in [2.75, 3.05) is 27.4 Å². The van der Waals surface area contributed by atoms with Crippen molar-refractivity contribution >= 4 is 11.9 Å². The summed E-state index contributed by atoms with van der Waals surface area (Å²) in [5, 5.41) is 10.4. The van der Waals surface area contributed by atoms with Crippen LogP contribution in [-0.2, 0) is 9.59 Å². The van der Waals surface area contributed by atoms with Gasteiger partial charge in [-0.3, -0.25) is 9.59 Å². The molecule has 0 aromatic heterocycles. The Kier molecular flexibility index (Phi) is 7.44. The Bertz CT molecular complexity index is 1570. The van der Waals surface area contributed by atoms with Crippen LogP contribution in [0.2, 0.25) is 0 Å². The largest absolute Gasteiger partial charge is 0.496 e. The van der Waals surface area contributed by atoms with Gasteiger partial charge in [0, 0.05) is 17.4 Å². The van der Waals surface area contributed by atoms with E-state index in [1.165, 1.54) is 14.2 Å². The fourth-order valence-corrected chi connectivity index (χ4v) is 6.22. The molecule has 8 nitrogen and oxygen atoms in total. The third kappa shape index (κ3) is 4.79. The monoisotopic (exact) mass is 566 g/mol. The van der Waals surface area contributed by atoms with Crippen LogP contribution in [0, 0.1) is 11.8 Å². The number of carboxylic acid groups (broad SMARTS) is 1. The average Bonchev–Trinajstić information content (AvgIpc) is 3.00. The molecule has 4 aromatic carbocycles. The summed E-state index contributed by atoms with van der Waals surface area (Å²) in [5.74, 6) is -1.97. The number of methoxy groups -OCH3 is 2. The number of para-hydroxylation sites is 3. The van der Waals surface area contributed by atoms with Crippen LogP contribution in [-0.4, -0.2) is 44.5 Å². The third-order valence-electron chi connectivity index (χ3n) is 8.03. The van der Waals surface area contributed by atoms with Gasteiger partial charge in [0.1, 0.15) is 30.5 Å². The zero-order chi connectivity index (χ0) is 29.2. The first-order valence-corrected chi connectivity index (χ1v) is 13.7. The minimum Gasteiger partial charge on any atom is -0.496 e. The van der Waals surface area contributed by atoms with Gasteiger partial charge in [0.05, 0.1) is 26.1 Å². The molecule has 0 radical (unpaired) electrons. The molecule has 1 aliphatic carbocycles. The maximum absolute atomic E-state index is 14.1. The summed E-state index contributed by atoms with van der Waals surface area (Å²) in [4.78, 5) is 26.8. The SMILES string of the molecule is COc1ccccc1C1[C@H](C(=O)O)C(c2ccccc2OC)[C@@H]1C(=O)Oc1cccc(-c2cccc3c2OCCO3)c1. The molecule has 0 amide bonds. The number of carbonyl (C=O) groups is 2. The van der Waals surface area contributed by atoms with Crippen molar-refractivity contribution in [3.05, 3.63) is 102 Å². The zero-order valence-electron chi connectivity index (χ0n) is 23.2. The highest BCUT2D eigenvalue weighted by Crippen LogP contribution is 2.60. The van der Waals surface area contributed by atoms with Gasteiger partial charge in [-0.15, -0.1) is 0 Å². The normalized spacial score (nSPS) is 20.6. The van der Waals surface area contributed by atoms with Crippen molar-refractivity contribution in [1.82, 2.24) is 0 Å². The van der Waals surface area contributed by atoms with Crippen molar-refractivity contribution in [2.24, 2.45) is 11.8 Å². The van der Waals surface area contributed by atoms with E-state index in [0.717, 1.165) is 11.1 Å². The summed E-state index contributed by atoms with van der Waals surface area (Å²) in [6.45, 7) is 0.924. The quantitative estimate of drug-likeness (QED) is 0.206. The van der Waals surface area contributed by atoms with Gasteiger partial charge in [-0.05, 0) is 47.0 Å². The first-order valence-electron chi connectivity index (χ1n) is 13.7. The molecule has 1 fully saturated rings. The number of carboxylic acids is 1. The highest BCUT2D eigenvalue weighted by Gasteiger charge is 2.60. The highest BCUT2D eigenvalue weighted by molar-refractivity contribution is 5.86. The highest BCUT2D eigenvalue weighted by atomic mass is 16.6. The molecule has 42 heavy (non-hydrogen) atoms. The summed E-state index contributed by atoms with van der Waals surface area (Å²) in [6.07, 6.45) is 0. The van der Waals surface area contributed by atoms with Crippen LogP contribution in [0.15, 0.2) is 91.0 Å². The van der Waals surface area contributed by atoms with Gasteiger partial charge in [0.25, 0.3) is 0 Å². The Labute approximate surface area is 243 Å². The number of fused-ring (bicyclic) bond motifs is 1. The van der Waals surface area contributed by atoms with Crippen molar-refractivity contribution in [3.63, 3.8) is 0 Å². The van der Waals surface area contributed by atoms with Crippen molar-refractivity contribution in [2.45, 2.75) is 11.8 Å². The van der Waals surface area contributed by atoms with Crippen LogP contribution >= 0.6 is 0 Å². The molecule has 1 N–H and O–H groups in total. The molecule has 0 bridgehead atoms. The molecule has 8 heteroatoms. The molecule has 1 aliphatic heterocycles. The minimum absolute atomic E-state index is 0.336. The Morgan fingerprint density at radius 1 is 0.738 bits per heavy atom. The molecule has 4 aromatic rings. The van der Waals surface area contributed by atoms with Gasteiger partial charge in [-0.25, -0.2) is 0 Å². The number of hydrogen-bond acceptors (Lipinski definition) is 7. The Morgan fingerprint density at radius 3 is 2.00 bits per heavy atom. The van der Waals surface area contributed by atoms with E-state index in [1.54, 1.807) is 42.5 Å². The van der Waals surface area contributed by atoms with Crippen LogP contribution in [0.1, 0.15) is 23.0 Å². The lowest BCUT2D eigenvalue weighted by atomic mass is 9.52. The minimum atomic E-state index is -1.01. The molecule has 214 valence electrons. The lowest BCUT2D eigenvalue weighted by molar-refractivity contribution is -0.158. The number of esters is 1. The topological polar surface area (TPSA) is 101 Å². The second-order valence-corrected chi connectivity index (χ2v) is 10.2. The maximum Gasteiger partial charge on any atom is 0.315 e. The van der Waals surface area contributed by atoms with Gasteiger partial charge in [0.2, 0.25) is 0 Å². The fraction of sp³-hybridized carbons (Fsp3) is 0.235. The van der Waals surface area contributed by atoms with Crippen molar-refractivity contribution in [1.29, 1.82) is 0 Å². The Hall–Kier alpha value is -4.98. The second kappa shape index (κ2) is 11.5. The summed E-state index contributed by atoms with van der Waals surface area (Å²) in [5.41, 5.74) is 2.89. The van der Waals surface area contributed by atoms with E-state index in [1.807, 2.05) is 48.5 Å². The number of carbonyl (C=O) groups excluding carboxylic acids is 1. The number of benzene rings is 4. The summed E-state index contributed by atoms with van der Waals surface area (Å²) in [6, 6.07) is 27.2. The van der Waals surface area contributed by atoms with E-state index in [-0.39, 0.29) is 0 Å². The lowest BCUT2D eigenvalue weighted by Crippen LogP contribution is -2.52. The summed E-state index contributed by atoms with van der Waals surface area (Å²) >= 11 is 0. The number of hydrogen-bond donors (Lipinski definition) is 1. The molecule has 2 unspecified atom stereocenters. The first kappa shape index (κ1) is 27.2.